The van der Waals surface area contributed by atoms with Crippen LogP contribution in [0.5, 0.6) is 17.2 Å². The van der Waals surface area contributed by atoms with Gasteiger partial charge in [0.1, 0.15) is 5.92 Å². The minimum absolute atomic E-state index is 0.196. The summed E-state index contributed by atoms with van der Waals surface area (Å²) in [6, 6.07) is 8.96. The fourth-order valence-corrected chi connectivity index (χ4v) is 4.67. The van der Waals surface area contributed by atoms with Crippen LogP contribution in [0.4, 0.5) is 5.69 Å². The van der Waals surface area contributed by atoms with Crippen molar-refractivity contribution in [3.05, 3.63) is 59.7 Å². The van der Waals surface area contributed by atoms with Gasteiger partial charge in [0, 0.05) is 16.8 Å². The highest BCUT2D eigenvalue weighted by atomic mass is 16.5. The van der Waals surface area contributed by atoms with Crippen LogP contribution < -0.4 is 30.4 Å². The van der Waals surface area contributed by atoms with Crippen LogP contribution in [0.25, 0.3) is 0 Å². The average molecular weight is 526 g/mol. The number of amides is 3. The van der Waals surface area contributed by atoms with Gasteiger partial charge in [-0.15, -0.1) is 0 Å². The van der Waals surface area contributed by atoms with Crippen molar-refractivity contribution >= 4 is 29.4 Å². The van der Waals surface area contributed by atoms with Gasteiger partial charge in [0.15, 0.2) is 11.5 Å². The first-order valence-electron chi connectivity index (χ1n) is 11.5. The summed E-state index contributed by atoms with van der Waals surface area (Å²) in [6.07, 6.45) is 2.59. The van der Waals surface area contributed by atoms with Gasteiger partial charge in [-0.1, -0.05) is 12.2 Å². The fourth-order valence-electron chi connectivity index (χ4n) is 4.67. The van der Waals surface area contributed by atoms with E-state index in [1.54, 1.807) is 19.1 Å². The summed E-state index contributed by atoms with van der Waals surface area (Å²) in [5.41, 5.74) is 4.39. The van der Waals surface area contributed by atoms with Gasteiger partial charge in [-0.3, -0.25) is 30.0 Å². The molecule has 1 fully saturated rings. The molecule has 4 atom stereocenters. The second kappa shape index (κ2) is 10.4. The number of benzene rings is 2. The molecule has 2 aromatic rings. The first kappa shape index (κ1) is 26.5. The van der Waals surface area contributed by atoms with Crippen molar-refractivity contribution in [1.82, 2.24) is 10.9 Å². The van der Waals surface area contributed by atoms with E-state index >= 15 is 0 Å². The number of hydrogen-bond acceptors (Lipinski definition) is 8. The maximum atomic E-state index is 12.8. The van der Waals surface area contributed by atoms with E-state index in [0.717, 1.165) is 0 Å². The third-order valence-corrected chi connectivity index (χ3v) is 6.54. The Morgan fingerprint density at radius 2 is 1.53 bits per heavy atom. The molecule has 3 amide bonds. The summed E-state index contributed by atoms with van der Waals surface area (Å²) in [7, 11) is 4.34. The van der Waals surface area contributed by atoms with Gasteiger partial charge in [-0.05, 0) is 43.3 Å². The number of hydrazine groups is 1. The molecule has 4 rings (SSSR count). The summed E-state index contributed by atoms with van der Waals surface area (Å²) in [4.78, 5) is 49.8. The van der Waals surface area contributed by atoms with Gasteiger partial charge in [0.2, 0.25) is 11.7 Å². The lowest BCUT2D eigenvalue weighted by molar-refractivity contribution is -0.147. The summed E-state index contributed by atoms with van der Waals surface area (Å²) >= 11 is 0. The van der Waals surface area contributed by atoms with Crippen LogP contribution >= 0.6 is 0 Å². The first-order chi connectivity index (χ1) is 18.1. The molecule has 4 N–H and O–H groups in total. The van der Waals surface area contributed by atoms with E-state index in [1.807, 2.05) is 0 Å². The Morgan fingerprint density at radius 3 is 2.08 bits per heavy atom. The zero-order valence-corrected chi connectivity index (χ0v) is 21.1. The van der Waals surface area contributed by atoms with E-state index in [9.17, 15) is 24.3 Å². The number of rotatable bonds is 8. The van der Waals surface area contributed by atoms with E-state index in [1.165, 1.54) is 57.7 Å². The van der Waals surface area contributed by atoms with Gasteiger partial charge in [0.25, 0.3) is 11.8 Å². The third kappa shape index (κ3) is 4.85. The van der Waals surface area contributed by atoms with Crippen LogP contribution in [0.3, 0.4) is 0 Å². The zero-order chi connectivity index (χ0) is 27.6. The highest BCUT2D eigenvalue weighted by molar-refractivity contribution is 6.05. The number of anilines is 1. The third-order valence-electron chi connectivity index (χ3n) is 6.54. The molecule has 0 unspecified atom stereocenters. The Bertz CT molecular complexity index is 1280. The topological polar surface area (TPSA) is 162 Å². The Hall–Kier alpha value is -4.58. The summed E-state index contributed by atoms with van der Waals surface area (Å²) in [6.45, 7) is 1.63. The molecule has 0 saturated carbocycles. The van der Waals surface area contributed by atoms with E-state index in [0.29, 0.717) is 22.9 Å². The second-order valence-corrected chi connectivity index (χ2v) is 8.86. The average Bonchev–Trinajstić information content (AvgIpc) is 3.44. The molecule has 38 heavy (non-hydrogen) atoms. The number of carbonyl (C=O) groups is 4. The molecular weight excluding hydrogens is 498 g/mol. The summed E-state index contributed by atoms with van der Waals surface area (Å²) in [5.74, 6) is -3.97. The molecule has 0 aliphatic carbocycles. The van der Waals surface area contributed by atoms with Crippen LogP contribution in [0.15, 0.2) is 48.6 Å². The Morgan fingerprint density at radius 1 is 0.895 bits per heavy atom. The number of carboxylic acid groups (broad SMARTS) is 1. The predicted molar refractivity (Wildman–Crippen MR) is 133 cm³/mol. The van der Waals surface area contributed by atoms with Gasteiger partial charge in [-0.2, -0.15) is 0 Å². The molecule has 2 aliphatic heterocycles. The maximum Gasteiger partial charge on any atom is 0.310 e. The Kier molecular flexibility index (Phi) is 7.26. The number of fused-ring (bicyclic) bond motifs is 2. The van der Waals surface area contributed by atoms with E-state index in [2.05, 4.69) is 16.2 Å². The number of nitrogens with one attached hydrogen (secondary N) is 3. The van der Waals surface area contributed by atoms with Crippen molar-refractivity contribution in [2.45, 2.75) is 18.6 Å². The SMILES string of the molecule is COc1cc(C(=O)Nc2ccc(C(=O)NNC(=O)[C@H]3[C@H](C(=O)O)[C@H]4C=C[C@@]3(C)O4)cc2)cc(OC)c1OC. The summed E-state index contributed by atoms with van der Waals surface area (Å²) < 4.78 is 21.5. The maximum absolute atomic E-state index is 12.8. The fraction of sp³-hybridized carbons (Fsp3) is 0.308. The monoisotopic (exact) mass is 525 g/mol. The van der Waals surface area contributed by atoms with Crippen molar-refractivity contribution < 1.29 is 43.2 Å². The van der Waals surface area contributed by atoms with Crippen molar-refractivity contribution in [3.63, 3.8) is 0 Å². The van der Waals surface area contributed by atoms with Crippen LogP contribution in [-0.2, 0) is 14.3 Å². The molecule has 0 aromatic heterocycles. The standard InChI is InChI=1S/C26H27N3O9/c1-26-10-9-16(38-26)19(25(33)34)20(26)24(32)29-28-23(31)13-5-7-15(8-6-13)27-22(30)14-11-17(35-2)21(37-4)18(12-14)36-3/h5-12,16,19-20H,1-4H3,(H,27,30)(H,28,31)(H,29,32)(H,33,34)/t16-,19-,20-,26-/m1/s1. The minimum Gasteiger partial charge on any atom is -0.493 e. The first-order valence-corrected chi connectivity index (χ1v) is 11.5. The number of methoxy groups -OCH3 is 3. The number of ether oxygens (including phenoxy) is 4. The molecular formula is C26H27N3O9. The second-order valence-electron chi connectivity index (χ2n) is 8.86. The van der Waals surface area contributed by atoms with Crippen molar-refractivity contribution in [1.29, 1.82) is 0 Å². The van der Waals surface area contributed by atoms with E-state index in [4.69, 9.17) is 18.9 Å². The highest BCUT2D eigenvalue weighted by Gasteiger charge is 2.59. The quantitative estimate of drug-likeness (QED) is 0.297. The van der Waals surface area contributed by atoms with Crippen molar-refractivity contribution in [2.75, 3.05) is 26.6 Å². The molecule has 1 saturated heterocycles. The Labute approximate surface area is 217 Å². The molecule has 2 bridgehead atoms. The molecule has 200 valence electrons. The van der Waals surface area contributed by atoms with Crippen LogP contribution in [0, 0.1) is 11.8 Å². The lowest BCUT2D eigenvalue weighted by Crippen LogP contribution is -2.52. The number of hydrogen-bond donors (Lipinski definition) is 4. The molecule has 12 nitrogen and oxygen atoms in total. The van der Waals surface area contributed by atoms with Gasteiger partial charge in [0.05, 0.1) is 39.0 Å². The summed E-state index contributed by atoms with van der Waals surface area (Å²) in [5, 5.41) is 12.3. The molecule has 12 heteroatoms. The molecule has 2 heterocycles. The molecule has 2 aromatic carbocycles. The van der Waals surface area contributed by atoms with Crippen molar-refractivity contribution in [3.8, 4) is 17.2 Å². The lowest BCUT2D eigenvalue weighted by Gasteiger charge is -2.27. The largest absolute Gasteiger partial charge is 0.493 e. The van der Waals surface area contributed by atoms with Crippen LogP contribution in [0.1, 0.15) is 27.6 Å². The van der Waals surface area contributed by atoms with Gasteiger partial charge < -0.3 is 29.4 Å². The molecule has 2 aliphatic rings. The number of aliphatic carboxylic acids is 1. The van der Waals surface area contributed by atoms with E-state index < -0.39 is 47.2 Å². The predicted octanol–water partition coefficient (Wildman–Crippen LogP) is 1.77. The van der Waals surface area contributed by atoms with E-state index in [-0.39, 0.29) is 11.1 Å². The Balaban J connectivity index is 1.38. The minimum atomic E-state index is -1.15. The van der Waals surface area contributed by atoms with Gasteiger partial charge >= 0.3 is 5.97 Å². The zero-order valence-electron chi connectivity index (χ0n) is 21.1. The highest BCUT2D eigenvalue weighted by Crippen LogP contribution is 2.47. The van der Waals surface area contributed by atoms with Crippen molar-refractivity contribution in [2.24, 2.45) is 11.8 Å². The number of carbonyl (C=O) groups excluding carboxylic acids is 3. The van der Waals surface area contributed by atoms with Crippen LogP contribution in [0.2, 0.25) is 0 Å². The molecule has 0 spiro atoms. The van der Waals surface area contributed by atoms with Gasteiger partial charge in [-0.25, -0.2) is 0 Å². The van der Waals surface area contributed by atoms with Crippen LogP contribution in [-0.4, -0.2) is 61.8 Å². The molecule has 0 radical (unpaired) electrons. The smallest absolute Gasteiger partial charge is 0.310 e. The lowest BCUT2D eigenvalue weighted by atomic mass is 9.76. The normalized spacial score (nSPS) is 22.9. The number of carboxylic acids is 1.